The van der Waals surface area contributed by atoms with Crippen LogP contribution in [-0.2, 0) is 9.53 Å². The van der Waals surface area contributed by atoms with Gasteiger partial charge >= 0.3 is 0 Å². The minimum Gasteiger partial charge on any atom is -0.381 e. The lowest BCUT2D eigenvalue weighted by molar-refractivity contribution is -0.130. The fraction of sp³-hybridized carbons (Fsp3) is 0.643. The molecule has 2 heterocycles. The van der Waals surface area contributed by atoms with Crippen molar-refractivity contribution in [1.29, 1.82) is 0 Å². The zero-order chi connectivity index (χ0) is 13.9. The summed E-state index contributed by atoms with van der Waals surface area (Å²) in [5.41, 5.74) is 5.44. The van der Waals surface area contributed by atoms with Gasteiger partial charge in [-0.2, -0.15) is 0 Å². The molecule has 0 radical (unpaired) electrons. The summed E-state index contributed by atoms with van der Waals surface area (Å²) in [5, 5.41) is 5.15. The lowest BCUT2D eigenvalue weighted by Crippen LogP contribution is -2.57. The van der Waals surface area contributed by atoms with Crippen LogP contribution in [0.3, 0.4) is 0 Å². The number of hydrogen-bond acceptors (Lipinski definition) is 4. The van der Waals surface area contributed by atoms with Crippen LogP contribution >= 0.6 is 11.3 Å². The molecular formula is C14H22N2O2S. The van der Waals surface area contributed by atoms with Gasteiger partial charge in [-0.1, -0.05) is 19.9 Å². The summed E-state index contributed by atoms with van der Waals surface area (Å²) in [6.07, 6.45) is 1.18. The summed E-state index contributed by atoms with van der Waals surface area (Å²) in [6.45, 7) is 5.35. The minimum absolute atomic E-state index is 0.0377. The molecule has 5 heteroatoms. The van der Waals surface area contributed by atoms with Gasteiger partial charge in [0.25, 0.3) is 0 Å². The number of nitrogens with one attached hydrogen (secondary N) is 1. The van der Waals surface area contributed by atoms with Gasteiger partial charge < -0.3 is 15.8 Å². The van der Waals surface area contributed by atoms with Crippen LogP contribution in [0, 0.1) is 5.92 Å². The van der Waals surface area contributed by atoms with Crippen LogP contribution in [0.2, 0.25) is 0 Å². The molecule has 1 fully saturated rings. The predicted molar refractivity (Wildman–Crippen MR) is 77.0 cm³/mol. The minimum atomic E-state index is -0.775. The highest BCUT2D eigenvalue weighted by molar-refractivity contribution is 7.10. The van der Waals surface area contributed by atoms with Crippen molar-refractivity contribution in [2.45, 2.75) is 38.3 Å². The fourth-order valence-electron chi connectivity index (χ4n) is 2.28. The van der Waals surface area contributed by atoms with E-state index in [0.717, 1.165) is 0 Å². The van der Waals surface area contributed by atoms with Crippen LogP contribution in [0.25, 0.3) is 0 Å². The number of rotatable bonds is 4. The molecule has 0 aromatic carbocycles. The first-order chi connectivity index (χ1) is 9.03. The molecule has 1 aromatic heterocycles. The molecule has 1 aromatic rings. The van der Waals surface area contributed by atoms with Crippen molar-refractivity contribution >= 4 is 17.2 Å². The Morgan fingerprint density at radius 3 is 2.68 bits per heavy atom. The van der Waals surface area contributed by atoms with Crippen LogP contribution in [0.15, 0.2) is 17.5 Å². The molecule has 3 N–H and O–H groups in total. The topological polar surface area (TPSA) is 64.4 Å². The number of hydrogen-bond donors (Lipinski definition) is 2. The van der Waals surface area contributed by atoms with Crippen molar-refractivity contribution < 1.29 is 9.53 Å². The van der Waals surface area contributed by atoms with E-state index in [1.807, 2.05) is 11.4 Å². The van der Waals surface area contributed by atoms with Gasteiger partial charge in [0.2, 0.25) is 5.91 Å². The summed E-state index contributed by atoms with van der Waals surface area (Å²) in [7, 11) is 0. The van der Waals surface area contributed by atoms with Gasteiger partial charge in [0, 0.05) is 18.1 Å². The highest BCUT2D eigenvalue weighted by Crippen LogP contribution is 2.27. The molecule has 0 saturated carbocycles. The molecule has 1 saturated heterocycles. The molecule has 106 valence electrons. The van der Waals surface area contributed by atoms with E-state index in [9.17, 15) is 4.79 Å². The maximum absolute atomic E-state index is 12.4. The van der Waals surface area contributed by atoms with Gasteiger partial charge in [0.1, 0.15) is 0 Å². The van der Waals surface area contributed by atoms with E-state index in [0.29, 0.717) is 32.0 Å². The molecule has 0 aliphatic carbocycles. The van der Waals surface area contributed by atoms with E-state index < -0.39 is 5.54 Å². The molecule has 2 rings (SSSR count). The molecule has 1 atom stereocenters. The molecule has 4 nitrogen and oxygen atoms in total. The first-order valence-electron chi connectivity index (χ1n) is 6.74. The number of carbonyl (C=O) groups excluding carboxylic acids is 1. The smallest absolute Gasteiger partial charge is 0.240 e. The SMILES string of the molecule is CC(C)C(NC(=O)C1(N)CCOCC1)c1cccs1. The van der Waals surface area contributed by atoms with Crippen molar-refractivity contribution in [2.24, 2.45) is 11.7 Å². The first kappa shape index (κ1) is 14.5. The van der Waals surface area contributed by atoms with E-state index in [4.69, 9.17) is 10.5 Å². The summed E-state index contributed by atoms with van der Waals surface area (Å²) < 4.78 is 5.28. The summed E-state index contributed by atoms with van der Waals surface area (Å²) >= 11 is 1.67. The Kier molecular flexibility index (Phi) is 4.60. The zero-order valence-corrected chi connectivity index (χ0v) is 12.3. The molecule has 1 amide bonds. The van der Waals surface area contributed by atoms with Crippen LogP contribution in [0.5, 0.6) is 0 Å². The van der Waals surface area contributed by atoms with Gasteiger partial charge in [-0.05, 0) is 30.2 Å². The Morgan fingerprint density at radius 1 is 1.47 bits per heavy atom. The molecule has 0 bridgehead atoms. The zero-order valence-electron chi connectivity index (χ0n) is 11.5. The van der Waals surface area contributed by atoms with Crippen molar-refractivity contribution in [2.75, 3.05) is 13.2 Å². The number of carbonyl (C=O) groups is 1. The van der Waals surface area contributed by atoms with Crippen LogP contribution < -0.4 is 11.1 Å². The Labute approximate surface area is 118 Å². The molecule has 19 heavy (non-hydrogen) atoms. The van der Waals surface area contributed by atoms with E-state index in [-0.39, 0.29) is 11.9 Å². The average Bonchev–Trinajstić information content (AvgIpc) is 2.89. The Morgan fingerprint density at radius 2 is 2.16 bits per heavy atom. The number of nitrogens with two attached hydrogens (primary N) is 1. The summed E-state index contributed by atoms with van der Waals surface area (Å²) in [5.74, 6) is 0.286. The van der Waals surface area contributed by atoms with E-state index in [2.05, 4.69) is 25.2 Å². The monoisotopic (exact) mass is 282 g/mol. The summed E-state index contributed by atoms with van der Waals surface area (Å²) in [6, 6.07) is 4.10. The molecular weight excluding hydrogens is 260 g/mol. The Hall–Kier alpha value is -0.910. The van der Waals surface area contributed by atoms with Crippen LogP contribution in [0.4, 0.5) is 0 Å². The lowest BCUT2D eigenvalue weighted by Gasteiger charge is -2.34. The standard InChI is InChI=1S/C14H22N2O2S/c1-10(2)12(11-4-3-9-19-11)16-13(17)14(15)5-7-18-8-6-14/h3-4,9-10,12H,5-8,15H2,1-2H3,(H,16,17). The highest BCUT2D eigenvalue weighted by atomic mass is 32.1. The number of thiophene rings is 1. The second kappa shape index (κ2) is 6.03. The average molecular weight is 282 g/mol. The molecule has 1 aliphatic heterocycles. The third kappa shape index (κ3) is 3.35. The van der Waals surface area contributed by atoms with E-state index >= 15 is 0 Å². The van der Waals surface area contributed by atoms with Crippen LogP contribution in [-0.4, -0.2) is 24.7 Å². The Bertz CT molecular complexity index is 411. The van der Waals surface area contributed by atoms with Crippen LogP contribution in [0.1, 0.15) is 37.6 Å². The quantitative estimate of drug-likeness (QED) is 0.888. The van der Waals surface area contributed by atoms with Gasteiger partial charge in [0.05, 0.1) is 11.6 Å². The summed E-state index contributed by atoms with van der Waals surface area (Å²) in [4.78, 5) is 13.6. The highest BCUT2D eigenvalue weighted by Gasteiger charge is 2.37. The third-order valence-electron chi connectivity index (χ3n) is 3.64. The van der Waals surface area contributed by atoms with Crippen molar-refractivity contribution in [3.05, 3.63) is 22.4 Å². The Balaban J connectivity index is 2.07. The largest absolute Gasteiger partial charge is 0.381 e. The van der Waals surface area contributed by atoms with E-state index in [1.165, 1.54) is 4.88 Å². The maximum Gasteiger partial charge on any atom is 0.240 e. The number of ether oxygens (including phenoxy) is 1. The second-order valence-electron chi connectivity index (χ2n) is 5.48. The van der Waals surface area contributed by atoms with Gasteiger partial charge in [-0.3, -0.25) is 4.79 Å². The first-order valence-corrected chi connectivity index (χ1v) is 7.62. The second-order valence-corrected chi connectivity index (χ2v) is 6.46. The fourth-order valence-corrected chi connectivity index (χ4v) is 3.23. The van der Waals surface area contributed by atoms with Crippen molar-refractivity contribution in [3.63, 3.8) is 0 Å². The lowest BCUT2D eigenvalue weighted by atomic mass is 9.89. The molecule has 1 aliphatic rings. The maximum atomic E-state index is 12.4. The van der Waals surface area contributed by atoms with Gasteiger partial charge in [-0.25, -0.2) is 0 Å². The predicted octanol–water partition coefficient (Wildman–Crippen LogP) is 2.07. The van der Waals surface area contributed by atoms with Crippen molar-refractivity contribution in [1.82, 2.24) is 5.32 Å². The normalized spacial score (nSPS) is 20.2. The van der Waals surface area contributed by atoms with Crippen molar-refractivity contribution in [3.8, 4) is 0 Å². The van der Waals surface area contributed by atoms with E-state index in [1.54, 1.807) is 11.3 Å². The van der Waals surface area contributed by atoms with Gasteiger partial charge in [0.15, 0.2) is 0 Å². The molecule has 1 unspecified atom stereocenters. The number of amides is 1. The third-order valence-corrected chi connectivity index (χ3v) is 4.60. The van der Waals surface area contributed by atoms with Gasteiger partial charge in [-0.15, -0.1) is 11.3 Å². The molecule has 0 spiro atoms.